The van der Waals surface area contributed by atoms with Gasteiger partial charge in [0.2, 0.25) is 0 Å². The van der Waals surface area contributed by atoms with Crippen molar-refractivity contribution in [2.75, 3.05) is 10.2 Å². The minimum Gasteiger partial charge on any atom is -0.507 e. The van der Waals surface area contributed by atoms with Crippen LogP contribution in [0.3, 0.4) is 0 Å². The van der Waals surface area contributed by atoms with Crippen molar-refractivity contribution >= 4 is 32.7 Å². The van der Waals surface area contributed by atoms with Crippen LogP contribution in [0.25, 0.3) is 0 Å². The smallest absolute Gasteiger partial charge is 0.309 e. The monoisotopic (exact) mass is 399 g/mol. The van der Waals surface area contributed by atoms with E-state index in [0.717, 1.165) is 6.07 Å². The van der Waals surface area contributed by atoms with Crippen LogP contribution in [0.15, 0.2) is 12.1 Å². The molecule has 0 radical (unpaired) electrons. The van der Waals surface area contributed by atoms with Crippen LogP contribution in [0.2, 0.25) is 0 Å². The van der Waals surface area contributed by atoms with Gasteiger partial charge >= 0.3 is 10.1 Å². The Morgan fingerprint density at radius 1 is 1.42 bits per heavy atom. The van der Waals surface area contributed by atoms with Gasteiger partial charge in [-0.15, -0.1) is 0 Å². The highest BCUT2D eigenvalue weighted by molar-refractivity contribution is 14.1. The number of alkyl halides is 1. The van der Waals surface area contributed by atoms with Gasteiger partial charge in [-0.05, 0) is 6.07 Å². The molecule has 104 valence electrons. The molecular formula is C10H10INO6S. The number of nitriles is 1. The highest BCUT2D eigenvalue weighted by Crippen LogP contribution is 2.29. The Morgan fingerprint density at radius 3 is 2.63 bits per heavy atom. The fourth-order valence-electron chi connectivity index (χ4n) is 1.23. The molecule has 0 heterocycles. The van der Waals surface area contributed by atoms with Crippen molar-refractivity contribution in [1.29, 1.82) is 5.26 Å². The third-order valence-corrected chi connectivity index (χ3v) is 4.47. The first-order valence-corrected chi connectivity index (χ1v) is 8.04. The van der Waals surface area contributed by atoms with Crippen LogP contribution in [0.1, 0.15) is 11.1 Å². The number of benzene rings is 1. The van der Waals surface area contributed by atoms with E-state index in [0.29, 0.717) is 4.43 Å². The van der Waals surface area contributed by atoms with E-state index >= 15 is 0 Å². The van der Waals surface area contributed by atoms with Crippen LogP contribution < -0.4 is 4.18 Å². The predicted octanol–water partition coefficient (Wildman–Crippen LogP) is 1.40. The second-order valence-corrected chi connectivity index (χ2v) is 6.17. The normalized spacial score (nSPS) is 11.0. The van der Waals surface area contributed by atoms with Crippen molar-refractivity contribution in [2.24, 2.45) is 0 Å². The second-order valence-electron chi connectivity index (χ2n) is 3.40. The fraction of sp³-hybridized carbons (Fsp3) is 0.300. The van der Waals surface area contributed by atoms with E-state index in [2.05, 4.69) is 4.89 Å². The molecule has 0 atom stereocenters. The van der Waals surface area contributed by atoms with E-state index < -0.39 is 10.1 Å². The van der Waals surface area contributed by atoms with E-state index in [1.54, 1.807) is 6.07 Å². The Balaban J connectivity index is 3.16. The molecule has 1 rings (SSSR count). The third kappa shape index (κ3) is 4.50. The number of nitrogens with zero attached hydrogens (tertiary/aromatic N) is 1. The van der Waals surface area contributed by atoms with Crippen molar-refractivity contribution in [3.8, 4) is 17.6 Å². The van der Waals surface area contributed by atoms with Gasteiger partial charge in [-0.1, -0.05) is 22.6 Å². The van der Waals surface area contributed by atoms with Gasteiger partial charge in [0.15, 0.2) is 5.75 Å². The van der Waals surface area contributed by atoms with Crippen LogP contribution in [-0.2, 0) is 21.6 Å². The Labute approximate surface area is 123 Å². The van der Waals surface area contributed by atoms with Gasteiger partial charge < -0.3 is 9.29 Å². The lowest BCUT2D eigenvalue weighted by atomic mass is 10.1. The molecule has 0 bridgehead atoms. The molecule has 0 saturated carbocycles. The molecule has 7 nitrogen and oxygen atoms in total. The van der Waals surface area contributed by atoms with E-state index in [-0.39, 0.29) is 35.0 Å². The SMILES string of the molecule is N#Cc1cc(COO)c(O)cc1OS(=O)(=O)CCI. The van der Waals surface area contributed by atoms with Crippen molar-refractivity contribution in [3.05, 3.63) is 23.3 Å². The molecular weight excluding hydrogens is 389 g/mol. The number of hydrogen-bond acceptors (Lipinski definition) is 7. The molecule has 0 unspecified atom stereocenters. The van der Waals surface area contributed by atoms with Gasteiger partial charge in [0.05, 0.1) is 11.3 Å². The van der Waals surface area contributed by atoms with Crippen LogP contribution in [0.4, 0.5) is 0 Å². The number of halogens is 1. The first kappa shape index (κ1) is 16.0. The Kier molecular flexibility index (Phi) is 5.80. The summed E-state index contributed by atoms with van der Waals surface area (Å²) in [5.74, 6) is -0.806. The van der Waals surface area contributed by atoms with Crippen LogP contribution in [0, 0.1) is 11.3 Å². The molecule has 2 N–H and O–H groups in total. The standard InChI is InChI=1S/C10H10INO6S/c11-1-2-19(15,16)18-10-4-9(13)8(6-17-14)3-7(10)5-12/h3-4,13-14H,1-2,6H2. The highest BCUT2D eigenvalue weighted by atomic mass is 127. The van der Waals surface area contributed by atoms with Crippen molar-refractivity contribution in [3.63, 3.8) is 0 Å². The summed E-state index contributed by atoms with van der Waals surface area (Å²) in [5, 5.41) is 26.8. The summed E-state index contributed by atoms with van der Waals surface area (Å²) in [7, 11) is -3.81. The molecule has 9 heteroatoms. The zero-order valence-corrected chi connectivity index (χ0v) is 12.5. The lowest BCUT2D eigenvalue weighted by Crippen LogP contribution is -2.15. The number of aromatic hydroxyl groups is 1. The first-order valence-electron chi connectivity index (χ1n) is 4.94. The van der Waals surface area contributed by atoms with Gasteiger partial charge in [-0.2, -0.15) is 13.7 Å². The number of phenolic OH excluding ortho intramolecular Hbond substituents is 1. The topological polar surface area (TPSA) is 117 Å². The van der Waals surface area contributed by atoms with Crippen LogP contribution in [0.5, 0.6) is 11.5 Å². The molecule has 0 amide bonds. The molecule has 1 aromatic carbocycles. The van der Waals surface area contributed by atoms with Crippen molar-refractivity contribution in [2.45, 2.75) is 6.61 Å². The quantitative estimate of drug-likeness (QED) is 0.244. The minimum atomic E-state index is -3.81. The number of hydrogen-bond donors (Lipinski definition) is 2. The maximum atomic E-state index is 11.5. The van der Waals surface area contributed by atoms with E-state index in [1.807, 2.05) is 22.6 Å². The van der Waals surface area contributed by atoms with Gasteiger partial charge in [0, 0.05) is 16.1 Å². The van der Waals surface area contributed by atoms with Crippen molar-refractivity contribution in [1.82, 2.24) is 0 Å². The molecule has 0 spiro atoms. The Morgan fingerprint density at radius 2 is 2.11 bits per heavy atom. The molecule has 1 aromatic rings. The van der Waals surface area contributed by atoms with E-state index in [1.165, 1.54) is 6.07 Å². The van der Waals surface area contributed by atoms with Gasteiger partial charge in [0.25, 0.3) is 0 Å². The van der Waals surface area contributed by atoms with Crippen LogP contribution >= 0.6 is 22.6 Å². The summed E-state index contributed by atoms with van der Waals surface area (Å²) in [6.45, 7) is -0.332. The zero-order chi connectivity index (χ0) is 14.5. The number of rotatable bonds is 6. The summed E-state index contributed by atoms with van der Waals surface area (Å²) in [6, 6.07) is 3.93. The third-order valence-electron chi connectivity index (χ3n) is 2.07. The maximum absolute atomic E-state index is 11.5. The lowest BCUT2D eigenvalue weighted by Gasteiger charge is -2.10. The average molecular weight is 399 g/mol. The van der Waals surface area contributed by atoms with E-state index in [4.69, 9.17) is 14.7 Å². The van der Waals surface area contributed by atoms with E-state index in [9.17, 15) is 13.5 Å². The van der Waals surface area contributed by atoms with Gasteiger partial charge in [-0.25, -0.2) is 4.89 Å². The van der Waals surface area contributed by atoms with Gasteiger partial charge in [0.1, 0.15) is 18.4 Å². The van der Waals surface area contributed by atoms with Gasteiger partial charge in [-0.3, -0.25) is 5.26 Å². The Bertz CT molecular complexity index is 595. The highest BCUT2D eigenvalue weighted by Gasteiger charge is 2.17. The summed E-state index contributed by atoms with van der Waals surface area (Å²) in [6.07, 6.45) is 0. The Hall–Kier alpha value is -1.09. The zero-order valence-electron chi connectivity index (χ0n) is 9.54. The molecule has 0 aliphatic rings. The molecule has 0 aliphatic carbocycles. The summed E-state index contributed by atoms with van der Waals surface area (Å²) < 4.78 is 28.1. The first-order chi connectivity index (χ1) is 8.93. The average Bonchev–Trinajstić information content (AvgIpc) is 2.32. The predicted molar refractivity (Wildman–Crippen MR) is 73.5 cm³/mol. The largest absolute Gasteiger partial charge is 0.507 e. The molecule has 0 aliphatic heterocycles. The summed E-state index contributed by atoms with van der Waals surface area (Å²) >= 11 is 1.88. The molecule has 0 saturated heterocycles. The molecule has 0 aromatic heterocycles. The minimum absolute atomic E-state index is 0.0816. The molecule has 0 fully saturated rings. The lowest BCUT2D eigenvalue weighted by molar-refractivity contribution is -0.253. The van der Waals surface area contributed by atoms with Crippen molar-refractivity contribution < 1.29 is 27.9 Å². The van der Waals surface area contributed by atoms with Crippen LogP contribution in [-0.4, -0.2) is 29.0 Å². The maximum Gasteiger partial charge on any atom is 0.309 e. The fourth-order valence-corrected chi connectivity index (χ4v) is 3.53. The second kappa shape index (κ2) is 6.90. The summed E-state index contributed by atoms with van der Waals surface area (Å²) in [5.41, 5.74) is 0.0552. The summed E-state index contributed by atoms with van der Waals surface area (Å²) in [4.78, 5) is 3.86. The number of phenols is 1. The molecule has 19 heavy (non-hydrogen) atoms.